The van der Waals surface area contributed by atoms with Gasteiger partial charge < -0.3 is 0 Å². The summed E-state index contributed by atoms with van der Waals surface area (Å²) in [5.41, 5.74) is -1.87. The van der Waals surface area contributed by atoms with E-state index in [0.29, 0.717) is 15.3 Å². The van der Waals surface area contributed by atoms with Crippen LogP contribution in [0.15, 0.2) is 20.7 Å². The summed E-state index contributed by atoms with van der Waals surface area (Å²) in [7, 11) is 0. The number of alkyl halides is 3. The summed E-state index contributed by atoms with van der Waals surface area (Å²) >= 11 is 1.15. The molecule has 0 aromatic carbocycles. The highest BCUT2D eigenvalue weighted by Gasteiger charge is 2.32. The van der Waals surface area contributed by atoms with Gasteiger partial charge in [0.2, 0.25) is 0 Å². The van der Waals surface area contributed by atoms with Crippen molar-refractivity contribution in [2.24, 2.45) is 5.92 Å². The van der Waals surface area contributed by atoms with Crippen LogP contribution in [0, 0.1) is 12.8 Å². The summed E-state index contributed by atoms with van der Waals surface area (Å²) in [6, 6.07) is 0. The molecule has 0 atom stereocenters. The van der Waals surface area contributed by atoms with E-state index in [1.54, 1.807) is 6.92 Å². The van der Waals surface area contributed by atoms with Gasteiger partial charge in [-0.25, -0.2) is 14.3 Å². The fourth-order valence-corrected chi connectivity index (χ4v) is 5.33. The number of rotatable bonds is 5. The first-order valence-corrected chi connectivity index (χ1v) is 10.4. The van der Waals surface area contributed by atoms with Crippen molar-refractivity contribution in [3.63, 3.8) is 0 Å². The van der Waals surface area contributed by atoms with Gasteiger partial charge in [-0.1, -0.05) is 12.8 Å². The Hall–Kier alpha value is -2.63. The molecular formula is C18H20F3N5O3S. The molecule has 0 radical (unpaired) electrons. The Morgan fingerprint density at radius 1 is 1.20 bits per heavy atom. The Morgan fingerprint density at radius 2 is 1.90 bits per heavy atom. The normalized spacial score (nSPS) is 15.5. The molecule has 1 saturated carbocycles. The first-order chi connectivity index (χ1) is 14.2. The van der Waals surface area contributed by atoms with Gasteiger partial charge in [-0.3, -0.25) is 18.9 Å². The second-order valence-electron chi connectivity index (χ2n) is 7.63. The maximum atomic E-state index is 13.1. The number of thiophene rings is 1. The molecule has 12 heteroatoms. The van der Waals surface area contributed by atoms with Crippen molar-refractivity contribution in [2.45, 2.75) is 58.4 Å². The number of H-pyrrole nitrogens is 1. The van der Waals surface area contributed by atoms with E-state index < -0.39 is 29.7 Å². The van der Waals surface area contributed by atoms with Crippen LogP contribution in [0.3, 0.4) is 0 Å². The summed E-state index contributed by atoms with van der Waals surface area (Å²) < 4.78 is 42.0. The molecule has 1 aliphatic carbocycles. The Labute approximate surface area is 171 Å². The van der Waals surface area contributed by atoms with E-state index in [2.05, 4.69) is 10.1 Å². The van der Waals surface area contributed by atoms with Crippen LogP contribution in [0.25, 0.3) is 10.2 Å². The minimum absolute atomic E-state index is 0.0594. The van der Waals surface area contributed by atoms with Crippen LogP contribution < -0.4 is 16.9 Å². The molecule has 162 valence electrons. The van der Waals surface area contributed by atoms with Crippen molar-refractivity contribution in [3.8, 4) is 0 Å². The highest BCUT2D eigenvalue weighted by Crippen LogP contribution is 2.31. The summed E-state index contributed by atoms with van der Waals surface area (Å²) in [4.78, 5) is 41.0. The number of fused-ring (bicyclic) bond motifs is 1. The molecule has 30 heavy (non-hydrogen) atoms. The average Bonchev–Trinajstić information content (AvgIpc) is 3.38. The zero-order valence-electron chi connectivity index (χ0n) is 16.2. The first kappa shape index (κ1) is 20.6. The lowest BCUT2D eigenvalue weighted by atomic mass is 10.1. The molecule has 1 N–H and O–H groups in total. The number of aryl methyl sites for hydroxylation is 1. The Morgan fingerprint density at radius 3 is 2.50 bits per heavy atom. The number of aromatic amines is 1. The molecule has 1 fully saturated rings. The summed E-state index contributed by atoms with van der Waals surface area (Å²) in [6.07, 6.45) is 0.357. The Bertz CT molecular complexity index is 1260. The van der Waals surface area contributed by atoms with Crippen LogP contribution in [0.5, 0.6) is 0 Å². The summed E-state index contributed by atoms with van der Waals surface area (Å²) in [6.45, 7) is 0.323. The van der Waals surface area contributed by atoms with Crippen LogP contribution >= 0.6 is 11.3 Å². The van der Waals surface area contributed by atoms with Gasteiger partial charge in [0.25, 0.3) is 5.56 Å². The molecule has 0 saturated heterocycles. The van der Waals surface area contributed by atoms with E-state index in [1.807, 2.05) is 0 Å². The lowest BCUT2D eigenvalue weighted by molar-refractivity contribution is -0.141. The monoisotopic (exact) mass is 443 g/mol. The fraction of sp³-hybridized carbons (Fsp3) is 0.556. The van der Waals surface area contributed by atoms with Crippen molar-refractivity contribution in [2.75, 3.05) is 0 Å². The van der Waals surface area contributed by atoms with E-state index in [9.17, 15) is 27.6 Å². The van der Waals surface area contributed by atoms with Gasteiger partial charge in [0, 0.05) is 11.4 Å². The number of hydrogen-bond donors (Lipinski definition) is 1. The SMILES string of the molecule is Cc1c(Cn2nc[nH]c2=O)sc2c1c(=O)n(CC(F)(F)F)c(=O)n2CC1CCCC1. The van der Waals surface area contributed by atoms with Gasteiger partial charge in [0.15, 0.2) is 0 Å². The second-order valence-corrected chi connectivity index (χ2v) is 8.72. The lowest BCUT2D eigenvalue weighted by Gasteiger charge is -2.16. The molecule has 1 aliphatic rings. The van der Waals surface area contributed by atoms with E-state index in [4.69, 9.17) is 0 Å². The highest BCUT2D eigenvalue weighted by molar-refractivity contribution is 7.18. The van der Waals surface area contributed by atoms with Gasteiger partial charge in [0.05, 0.1) is 11.9 Å². The van der Waals surface area contributed by atoms with E-state index in [1.165, 1.54) is 10.9 Å². The number of hydrogen-bond acceptors (Lipinski definition) is 5. The van der Waals surface area contributed by atoms with Gasteiger partial charge in [-0.05, 0) is 31.2 Å². The zero-order chi connectivity index (χ0) is 21.6. The largest absolute Gasteiger partial charge is 0.406 e. The molecular weight excluding hydrogens is 423 g/mol. The van der Waals surface area contributed by atoms with Gasteiger partial charge in [-0.15, -0.1) is 11.3 Å². The van der Waals surface area contributed by atoms with Crippen LogP contribution in [0.1, 0.15) is 36.1 Å². The maximum Gasteiger partial charge on any atom is 0.406 e. The third kappa shape index (κ3) is 3.75. The molecule has 3 heterocycles. The van der Waals surface area contributed by atoms with Crippen molar-refractivity contribution >= 4 is 21.6 Å². The third-order valence-electron chi connectivity index (χ3n) is 5.56. The van der Waals surface area contributed by atoms with Gasteiger partial charge in [-0.2, -0.15) is 18.3 Å². The van der Waals surface area contributed by atoms with E-state index in [-0.39, 0.29) is 29.0 Å². The maximum absolute atomic E-state index is 13.1. The number of halogens is 3. The fourth-order valence-electron chi connectivity index (χ4n) is 4.05. The van der Waals surface area contributed by atoms with Crippen LogP contribution in [-0.2, 0) is 19.6 Å². The predicted molar refractivity (Wildman–Crippen MR) is 105 cm³/mol. The van der Waals surface area contributed by atoms with Crippen LogP contribution in [0.2, 0.25) is 0 Å². The number of aromatic nitrogens is 5. The minimum Gasteiger partial charge on any atom is -0.295 e. The second kappa shape index (κ2) is 7.56. The van der Waals surface area contributed by atoms with Crippen molar-refractivity contribution in [1.82, 2.24) is 23.9 Å². The molecule has 0 spiro atoms. The molecule has 0 aliphatic heterocycles. The molecule has 0 unspecified atom stereocenters. The Balaban J connectivity index is 1.92. The van der Waals surface area contributed by atoms with Crippen molar-refractivity contribution < 1.29 is 13.2 Å². The average molecular weight is 443 g/mol. The molecule has 0 amide bonds. The standard InChI is InChI=1S/C18H20F3N5O3S/c1-10-12(7-26-16(28)22-9-23-26)30-15-13(10)14(27)25(8-18(19,20)21)17(29)24(15)6-11-4-2-3-5-11/h9,11H,2-8H2,1H3,(H,22,23,28). The molecule has 8 nitrogen and oxygen atoms in total. The number of nitrogens with zero attached hydrogens (tertiary/aromatic N) is 4. The zero-order valence-corrected chi connectivity index (χ0v) is 17.0. The highest BCUT2D eigenvalue weighted by atomic mass is 32.1. The lowest BCUT2D eigenvalue weighted by Crippen LogP contribution is -2.43. The van der Waals surface area contributed by atoms with Crippen molar-refractivity contribution in [1.29, 1.82) is 0 Å². The molecule has 4 rings (SSSR count). The topological polar surface area (TPSA) is 94.7 Å². The predicted octanol–water partition coefficient (Wildman–Crippen LogP) is 2.22. The quantitative estimate of drug-likeness (QED) is 0.654. The summed E-state index contributed by atoms with van der Waals surface area (Å²) in [5.74, 6) is 0.183. The van der Waals surface area contributed by atoms with E-state index in [0.717, 1.165) is 41.7 Å². The van der Waals surface area contributed by atoms with Crippen molar-refractivity contribution in [3.05, 3.63) is 48.1 Å². The summed E-state index contributed by atoms with van der Waals surface area (Å²) in [5, 5.41) is 3.99. The number of nitrogens with one attached hydrogen (secondary N) is 1. The molecule has 0 bridgehead atoms. The Kier molecular flexibility index (Phi) is 5.20. The van der Waals surface area contributed by atoms with E-state index >= 15 is 0 Å². The minimum atomic E-state index is -4.70. The van der Waals surface area contributed by atoms with Crippen LogP contribution in [0.4, 0.5) is 13.2 Å². The molecule has 3 aromatic rings. The smallest absolute Gasteiger partial charge is 0.295 e. The molecule has 3 aromatic heterocycles. The van der Waals surface area contributed by atoms with Gasteiger partial charge in [0.1, 0.15) is 17.7 Å². The third-order valence-corrected chi connectivity index (χ3v) is 6.86. The van der Waals surface area contributed by atoms with Crippen LogP contribution in [-0.4, -0.2) is 30.1 Å². The van der Waals surface area contributed by atoms with Gasteiger partial charge >= 0.3 is 17.6 Å². The first-order valence-electron chi connectivity index (χ1n) is 9.58.